The number of carbonyl (C=O) groups excluding carboxylic acids is 2. The van der Waals surface area contributed by atoms with Gasteiger partial charge in [0.25, 0.3) is 11.8 Å². The lowest BCUT2D eigenvalue weighted by molar-refractivity contribution is -0.137. The molecule has 4 aromatic carbocycles. The van der Waals surface area contributed by atoms with Crippen molar-refractivity contribution in [1.29, 1.82) is 10.5 Å². The maximum atomic E-state index is 13.6. The summed E-state index contributed by atoms with van der Waals surface area (Å²) in [6, 6.07) is 20.8. The minimum atomic E-state index is -4.77. The number of carbonyl (C=O) groups is 2. The summed E-state index contributed by atoms with van der Waals surface area (Å²) in [5.74, 6) is -1.07. The molecule has 5 aromatic rings. The predicted octanol–water partition coefficient (Wildman–Crippen LogP) is 13.5. The third-order valence-corrected chi connectivity index (χ3v) is 22.0. The first-order valence-electron chi connectivity index (χ1n) is 23.2. The van der Waals surface area contributed by atoms with Crippen molar-refractivity contribution < 1.29 is 49.2 Å². The normalized spacial score (nSPS) is 13.7. The average Bonchev–Trinajstić information content (AvgIpc) is 3.82. The van der Waals surface area contributed by atoms with E-state index in [1.165, 1.54) is 36.4 Å². The minimum absolute atomic E-state index is 0.0472. The quantitative estimate of drug-likeness (QED) is 0.0357. The van der Waals surface area contributed by atoms with Crippen LogP contribution in [-0.4, -0.2) is 56.9 Å². The van der Waals surface area contributed by atoms with Crippen molar-refractivity contribution in [1.82, 2.24) is 21.0 Å². The molecule has 75 heavy (non-hydrogen) atoms. The molecule has 5 rings (SSSR count). The highest BCUT2D eigenvalue weighted by Crippen LogP contribution is 2.43. The first kappa shape index (κ1) is 60.0. The summed E-state index contributed by atoms with van der Waals surface area (Å²) in [5, 5.41) is 31.7. The summed E-state index contributed by atoms with van der Waals surface area (Å²) in [6.07, 6.45) is -10.8. The van der Waals surface area contributed by atoms with Crippen molar-refractivity contribution in [3.05, 3.63) is 141 Å². The molecule has 23 heteroatoms. The maximum Gasteiger partial charge on any atom is 0.407 e. The Morgan fingerprint density at radius 1 is 0.653 bits per heavy atom. The lowest BCUT2D eigenvalue weighted by Crippen LogP contribution is -2.55. The van der Waals surface area contributed by atoms with Gasteiger partial charge in [-0.3, -0.25) is 20.4 Å². The Hall–Kier alpha value is -7.55. The van der Waals surface area contributed by atoms with Gasteiger partial charge in [0.1, 0.15) is 12.1 Å². The molecule has 0 spiro atoms. The molecule has 4 atom stereocenters. The average molecular weight is 1070 g/mol. The number of hydrazine groups is 1. The second-order valence-electron chi connectivity index (χ2n) is 20.4. The van der Waals surface area contributed by atoms with Crippen molar-refractivity contribution in [3.63, 3.8) is 0 Å². The van der Waals surface area contributed by atoms with Gasteiger partial charge >= 0.3 is 12.4 Å². The summed E-state index contributed by atoms with van der Waals surface area (Å²) < 4.78 is 100. The molecule has 0 aliphatic rings. The molecule has 0 bridgehead atoms. The number of nitriles is 2. The van der Waals surface area contributed by atoms with E-state index < -0.39 is 87.6 Å². The molecule has 0 aliphatic carbocycles. The van der Waals surface area contributed by atoms with Crippen LogP contribution in [0.1, 0.15) is 99.9 Å². The lowest BCUT2D eigenvalue weighted by Gasteiger charge is -2.40. The van der Waals surface area contributed by atoms with Crippen LogP contribution < -0.4 is 21.5 Å². The number of alkyl halides is 6. The van der Waals surface area contributed by atoms with Crippen LogP contribution in [0.25, 0.3) is 21.1 Å². The molecule has 0 fully saturated rings. The van der Waals surface area contributed by atoms with Gasteiger partial charge in [-0.1, -0.05) is 53.7 Å². The number of benzene rings is 4. The Kier molecular flexibility index (Phi) is 19.0. The van der Waals surface area contributed by atoms with E-state index in [9.17, 15) is 35.9 Å². The van der Waals surface area contributed by atoms with Crippen molar-refractivity contribution in [3.8, 4) is 23.6 Å². The van der Waals surface area contributed by atoms with Gasteiger partial charge in [0.15, 0.2) is 28.0 Å². The number of halogens is 6. The topological polar surface area (TPSA) is 196 Å². The van der Waals surface area contributed by atoms with Gasteiger partial charge in [0.2, 0.25) is 11.8 Å². The number of hydrogen-bond donors (Lipinski definition) is 4. The summed E-state index contributed by atoms with van der Waals surface area (Å²) in [7, 11) is -4.69. The van der Waals surface area contributed by atoms with E-state index >= 15 is 0 Å². The number of aromatic nitrogens is 2. The fourth-order valence-electron chi connectivity index (χ4n) is 6.58. The Morgan fingerprint density at radius 3 is 1.52 bits per heavy atom. The van der Waals surface area contributed by atoms with Gasteiger partial charge in [-0.05, 0) is 123 Å². The summed E-state index contributed by atoms with van der Waals surface area (Å²) in [6.45, 7) is 37.9. The molecule has 1 heterocycles. The Morgan fingerprint density at radius 2 is 1.09 bits per heavy atom. The van der Waals surface area contributed by atoms with Gasteiger partial charge in [-0.2, -0.15) is 36.9 Å². The smallest absolute Gasteiger partial charge is 0.407 e. The van der Waals surface area contributed by atoms with Crippen molar-refractivity contribution in [2.45, 2.75) is 128 Å². The number of nitrogens with zero attached hydrogens (tertiary/aromatic N) is 6. The second-order valence-corrected chi connectivity index (χ2v) is 29.9. The van der Waals surface area contributed by atoms with E-state index in [-0.39, 0.29) is 38.8 Å². The van der Waals surface area contributed by atoms with Gasteiger partial charge < -0.3 is 23.9 Å². The number of amides is 2. The highest BCUT2D eigenvalue weighted by Gasteiger charge is 2.43. The monoisotopic (exact) mass is 1070 g/mol. The van der Waals surface area contributed by atoms with Crippen LogP contribution in [0.2, 0.25) is 36.3 Å². The van der Waals surface area contributed by atoms with Crippen LogP contribution in [0.5, 0.6) is 0 Å². The van der Waals surface area contributed by atoms with Crippen molar-refractivity contribution in [2.75, 3.05) is 10.6 Å². The third-order valence-electron chi connectivity index (χ3n) is 12.8. The van der Waals surface area contributed by atoms with E-state index in [1.54, 1.807) is 31.2 Å². The predicted molar refractivity (Wildman–Crippen MR) is 276 cm³/mol. The van der Waals surface area contributed by atoms with Gasteiger partial charge in [-0.25, -0.2) is 9.69 Å². The zero-order chi connectivity index (χ0) is 56.5. The zero-order valence-electron chi connectivity index (χ0n) is 43.4. The first-order chi connectivity index (χ1) is 34.7. The van der Waals surface area contributed by atoms with E-state index in [1.807, 2.05) is 52.9 Å². The zero-order valence-corrected chi connectivity index (χ0v) is 45.4. The third kappa shape index (κ3) is 15.7. The van der Waals surface area contributed by atoms with Crippen LogP contribution in [0, 0.1) is 35.8 Å². The SMILES string of the molecule is [C-]#[N+]c1ccc(N[C@@H](C(=O)NNC(=O)c2ccc(C#N)cc2)C(C)O[Si](C)(C)C(C)(C)C)cc1C(F)(F)F.[C-]#[N+]c1ccc(N[C@@H](c2nnc(-c3ccc(C#N)cc3)o2)C(C)O[Si](C)(C)C(C)(C)C)cc1C(F)(F)F. The van der Waals surface area contributed by atoms with E-state index in [2.05, 4.69) is 75.2 Å². The van der Waals surface area contributed by atoms with Crippen LogP contribution in [0.15, 0.2) is 89.3 Å². The van der Waals surface area contributed by atoms with Crippen molar-refractivity contribution >= 4 is 51.2 Å². The fraction of sp³-hybridized carbons (Fsp3) is 0.385. The highest BCUT2D eigenvalue weighted by molar-refractivity contribution is 6.74. The molecule has 15 nitrogen and oxygen atoms in total. The van der Waals surface area contributed by atoms with Crippen molar-refractivity contribution in [2.24, 2.45) is 0 Å². The van der Waals surface area contributed by atoms with Crippen LogP contribution >= 0.6 is 0 Å². The molecule has 396 valence electrons. The molecule has 0 radical (unpaired) electrons. The summed E-state index contributed by atoms with van der Waals surface area (Å²) in [4.78, 5) is 31.6. The van der Waals surface area contributed by atoms with Crippen LogP contribution in [0.4, 0.5) is 49.1 Å². The lowest BCUT2D eigenvalue weighted by atomic mass is 10.1. The number of anilines is 2. The Bertz CT molecular complexity index is 3000. The standard InChI is InChI=1S/C26H30F3N5O3Si.C26H28F3N5O2Si/c1-16(37-38(6,7)25(2,3)4)22(32-19-12-13-21(31-5)20(14-19)26(27,28)29)24(36)34-33-23(35)18-10-8-17(15-30)9-11-18;1-16(36-37(6,7)25(2,3)4)22(32-19-12-13-21(31-5)20(14-19)26(27,28)29)24-34-33-23(35-24)18-10-8-17(15-30)9-11-18/h8-14,16,22,32H,1-4,6-7H3,(H,33,35)(H,34,36);8-14,16,22,32H,1-4,6-7H3/t2*16?,22-/m11/s1. The molecule has 4 N–H and O–H groups in total. The summed E-state index contributed by atoms with van der Waals surface area (Å²) >= 11 is 0. The Labute approximate surface area is 434 Å². The van der Waals surface area contributed by atoms with Gasteiger partial charge in [0, 0.05) is 22.5 Å². The number of nitrogens with one attached hydrogen (secondary N) is 4. The number of rotatable bonds is 14. The molecule has 0 saturated heterocycles. The van der Waals surface area contributed by atoms with Gasteiger partial charge in [-0.15, -0.1) is 10.2 Å². The molecule has 2 unspecified atom stereocenters. The number of hydrogen-bond acceptors (Lipinski definition) is 11. The largest absolute Gasteiger partial charge is 0.418 e. The molecule has 1 aromatic heterocycles. The maximum absolute atomic E-state index is 13.6. The Balaban J connectivity index is 0.000000325. The minimum Gasteiger partial charge on any atom is -0.418 e. The molecular weight excluding hydrogens is 1010 g/mol. The van der Waals surface area contributed by atoms with Crippen LogP contribution in [-0.2, 0) is 26.0 Å². The highest BCUT2D eigenvalue weighted by atomic mass is 28.4. The molecule has 0 saturated carbocycles. The van der Waals surface area contributed by atoms with Crippen LogP contribution in [0.3, 0.4) is 0 Å². The van der Waals surface area contributed by atoms with E-state index in [0.29, 0.717) is 16.7 Å². The first-order valence-corrected chi connectivity index (χ1v) is 29.0. The molecular formula is C52H58F6N10O5Si2. The van der Waals surface area contributed by atoms with E-state index in [4.69, 9.17) is 36.9 Å². The molecule has 2 amide bonds. The fourth-order valence-corrected chi connectivity index (χ4v) is 9.42. The van der Waals surface area contributed by atoms with Gasteiger partial charge in [0.05, 0.1) is 59.7 Å². The summed E-state index contributed by atoms with van der Waals surface area (Å²) in [5.41, 5.74) is 3.05. The molecule has 0 aliphatic heterocycles. The van der Waals surface area contributed by atoms with E-state index in [0.717, 1.165) is 24.3 Å². The second kappa shape index (κ2) is 23.8.